The van der Waals surface area contributed by atoms with Gasteiger partial charge in [-0.05, 0) is 66.2 Å². The first-order valence-corrected chi connectivity index (χ1v) is 12.5. The van der Waals surface area contributed by atoms with Gasteiger partial charge in [-0.15, -0.1) is 0 Å². The number of benzene rings is 2. The second-order valence-corrected chi connectivity index (χ2v) is 10.2. The Morgan fingerprint density at radius 3 is 2.20 bits per heavy atom. The number of rotatable bonds is 8. The molecule has 2 amide bonds. The molecular weight excluding hydrogens is 444 g/mol. The van der Waals surface area contributed by atoms with Gasteiger partial charge in [0.15, 0.2) is 0 Å². The number of ether oxygens (including phenoxy) is 1. The maximum Gasteiger partial charge on any atom is 0.407 e. The lowest BCUT2D eigenvalue weighted by molar-refractivity contribution is -0.151. The number of carbonyl (C=O) groups excluding carboxylic acids is 2. The lowest BCUT2D eigenvalue weighted by Gasteiger charge is -2.25. The van der Waals surface area contributed by atoms with Crippen LogP contribution in [0.25, 0.3) is 11.1 Å². The molecule has 0 bridgehead atoms. The van der Waals surface area contributed by atoms with Gasteiger partial charge in [-0.2, -0.15) is 0 Å². The summed E-state index contributed by atoms with van der Waals surface area (Å²) in [4.78, 5) is 38.0. The van der Waals surface area contributed by atoms with Crippen LogP contribution >= 0.6 is 0 Å². The van der Waals surface area contributed by atoms with E-state index in [1.165, 1.54) is 27.2 Å². The quantitative estimate of drug-likeness (QED) is 0.589. The Kier molecular flexibility index (Phi) is 6.26. The van der Waals surface area contributed by atoms with E-state index in [1.807, 2.05) is 24.3 Å². The topological polar surface area (TPSA) is 95.9 Å². The number of alkyl carbamates (subject to hydrolysis) is 1. The number of nitrogens with one attached hydrogen (secondary N) is 1. The van der Waals surface area contributed by atoms with Crippen molar-refractivity contribution in [3.05, 3.63) is 59.7 Å². The van der Waals surface area contributed by atoms with Crippen molar-refractivity contribution in [1.29, 1.82) is 0 Å². The van der Waals surface area contributed by atoms with Gasteiger partial charge in [-0.1, -0.05) is 48.5 Å². The average molecular weight is 477 g/mol. The number of amides is 2. The molecule has 2 aromatic carbocycles. The van der Waals surface area contributed by atoms with Gasteiger partial charge in [0.05, 0.1) is 0 Å². The van der Waals surface area contributed by atoms with E-state index in [-0.39, 0.29) is 17.7 Å². The van der Waals surface area contributed by atoms with Crippen molar-refractivity contribution in [1.82, 2.24) is 10.2 Å². The first kappa shape index (κ1) is 23.4. The van der Waals surface area contributed by atoms with Crippen LogP contribution < -0.4 is 5.32 Å². The molecular formula is C28H32N2O5. The molecule has 5 rings (SSSR count). The van der Waals surface area contributed by atoms with Gasteiger partial charge in [0.25, 0.3) is 0 Å². The van der Waals surface area contributed by atoms with E-state index in [9.17, 15) is 19.5 Å². The summed E-state index contributed by atoms with van der Waals surface area (Å²) in [6, 6.07) is 16.5. The van der Waals surface area contributed by atoms with E-state index in [2.05, 4.69) is 29.6 Å². The van der Waals surface area contributed by atoms with E-state index in [0.29, 0.717) is 38.3 Å². The molecule has 2 unspecified atom stereocenters. The molecule has 2 aromatic rings. The van der Waals surface area contributed by atoms with Gasteiger partial charge in [0.2, 0.25) is 5.91 Å². The summed E-state index contributed by atoms with van der Waals surface area (Å²) in [6.07, 6.45) is 3.72. The van der Waals surface area contributed by atoms with E-state index in [1.54, 1.807) is 7.05 Å². The highest BCUT2D eigenvalue weighted by molar-refractivity contribution is 5.89. The average Bonchev–Trinajstić information content (AvgIpc) is 3.47. The summed E-state index contributed by atoms with van der Waals surface area (Å²) in [5.74, 6) is -0.450. The Hall–Kier alpha value is -3.35. The molecule has 7 heteroatoms. The molecule has 0 saturated heterocycles. The fourth-order valence-corrected chi connectivity index (χ4v) is 5.86. The fraction of sp³-hybridized carbons (Fsp3) is 0.464. The number of fused-ring (bicyclic) bond motifs is 3. The molecule has 0 heterocycles. The SMILES string of the molecule is CN(C(=O)CC1CCC(CNC(=O)OCC2c3ccccc3-c3ccccc32)C1)C1(C(=O)O)CC1. The van der Waals surface area contributed by atoms with Gasteiger partial charge < -0.3 is 20.1 Å². The summed E-state index contributed by atoms with van der Waals surface area (Å²) in [7, 11) is 1.61. The molecule has 2 saturated carbocycles. The number of hydrogen-bond donors (Lipinski definition) is 2. The molecule has 0 aliphatic heterocycles. The van der Waals surface area contributed by atoms with Gasteiger partial charge in [0.1, 0.15) is 12.1 Å². The summed E-state index contributed by atoms with van der Waals surface area (Å²) in [5, 5.41) is 12.3. The third-order valence-corrected chi connectivity index (χ3v) is 8.13. The summed E-state index contributed by atoms with van der Waals surface area (Å²) < 4.78 is 5.62. The number of carbonyl (C=O) groups is 3. The first-order valence-electron chi connectivity index (χ1n) is 12.5. The van der Waals surface area contributed by atoms with Crippen LogP contribution in [-0.4, -0.2) is 53.7 Å². The van der Waals surface area contributed by atoms with Gasteiger partial charge >= 0.3 is 12.1 Å². The fourth-order valence-electron chi connectivity index (χ4n) is 5.86. The normalized spacial score (nSPS) is 21.6. The van der Waals surface area contributed by atoms with Crippen LogP contribution in [0.5, 0.6) is 0 Å². The molecule has 2 fully saturated rings. The number of aliphatic carboxylic acids is 1. The minimum atomic E-state index is -0.985. The minimum absolute atomic E-state index is 0.0348. The molecule has 3 aliphatic carbocycles. The number of carboxylic acids is 1. The van der Waals surface area contributed by atoms with Crippen molar-refractivity contribution < 1.29 is 24.2 Å². The first-order chi connectivity index (χ1) is 16.9. The van der Waals surface area contributed by atoms with Crippen LogP contribution in [0.3, 0.4) is 0 Å². The van der Waals surface area contributed by atoms with E-state index < -0.39 is 17.6 Å². The molecule has 0 radical (unpaired) electrons. The zero-order valence-electron chi connectivity index (χ0n) is 20.0. The molecule has 35 heavy (non-hydrogen) atoms. The van der Waals surface area contributed by atoms with Crippen molar-refractivity contribution in [3.63, 3.8) is 0 Å². The second-order valence-electron chi connectivity index (χ2n) is 10.2. The number of hydrogen-bond acceptors (Lipinski definition) is 4. The molecule has 3 aliphatic rings. The molecule has 2 N–H and O–H groups in total. The van der Waals surface area contributed by atoms with E-state index in [4.69, 9.17) is 4.74 Å². The van der Waals surface area contributed by atoms with Crippen LogP contribution in [0.4, 0.5) is 4.79 Å². The summed E-state index contributed by atoms with van der Waals surface area (Å²) >= 11 is 0. The molecule has 0 aromatic heterocycles. The molecule has 2 atom stereocenters. The second kappa shape index (κ2) is 9.36. The predicted molar refractivity (Wildman–Crippen MR) is 131 cm³/mol. The maximum absolute atomic E-state index is 12.6. The van der Waals surface area contributed by atoms with Crippen molar-refractivity contribution >= 4 is 18.0 Å². The van der Waals surface area contributed by atoms with Gasteiger partial charge in [0, 0.05) is 25.9 Å². The summed E-state index contributed by atoms with van der Waals surface area (Å²) in [5.41, 5.74) is 3.78. The molecule has 184 valence electrons. The smallest absolute Gasteiger partial charge is 0.407 e. The van der Waals surface area contributed by atoms with Gasteiger partial charge in [-0.25, -0.2) is 9.59 Å². The minimum Gasteiger partial charge on any atom is -0.479 e. The van der Waals surface area contributed by atoms with Crippen LogP contribution in [0.15, 0.2) is 48.5 Å². The van der Waals surface area contributed by atoms with Crippen molar-refractivity contribution in [3.8, 4) is 11.1 Å². The standard InChI is InChI=1S/C28H32N2O5/c1-30(28(12-13-28)26(32)33)25(31)15-18-10-11-19(14-18)16-29-27(34)35-17-24-22-8-4-2-6-20(22)21-7-3-5-9-23(21)24/h2-9,18-19,24H,10-17H2,1H3,(H,29,34)(H,32,33). The zero-order valence-corrected chi connectivity index (χ0v) is 20.0. The predicted octanol–water partition coefficient (Wildman–Crippen LogP) is 4.41. The van der Waals surface area contributed by atoms with Crippen LogP contribution in [0.1, 0.15) is 55.6 Å². The summed E-state index contributed by atoms with van der Waals surface area (Å²) in [6.45, 7) is 0.815. The van der Waals surface area contributed by atoms with Crippen molar-refractivity contribution in [2.75, 3.05) is 20.2 Å². The lowest BCUT2D eigenvalue weighted by atomic mass is 9.98. The maximum atomic E-state index is 12.6. The van der Waals surface area contributed by atoms with Gasteiger partial charge in [-0.3, -0.25) is 4.79 Å². The van der Waals surface area contributed by atoms with Crippen LogP contribution in [0.2, 0.25) is 0 Å². The molecule has 7 nitrogen and oxygen atoms in total. The number of carboxylic acid groups (broad SMARTS) is 1. The van der Waals surface area contributed by atoms with E-state index in [0.717, 1.165) is 19.3 Å². The third-order valence-electron chi connectivity index (χ3n) is 8.13. The Balaban J connectivity index is 1.08. The Bertz CT molecular complexity index is 1100. The van der Waals surface area contributed by atoms with Crippen molar-refractivity contribution in [2.24, 2.45) is 11.8 Å². The Labute approximate surface area is 205 Å². The monoisotopic (exact) mass is 476 g/mol. The highest BCUT2D eigenvalue weighted by atomic mass is 16.5. The Morgan fingerprint density at radius 1 is 1.00 bits per heavy atom. The largest absolute Gasteiger partial charge is 0.479 e. The van der Waals surface area contributed by atoms with E-state index >= 15 is 0 Å². The van der Waals surface area contributed by atoms with Crippen LogP contribution in [-0.2, 0) is 14.3 Å². The Morgan fingerprint density at radius 2 is 1.60 bits per heavy atom. The highest BCUT2D eigenvalue weighted by Crippen LogP contribution is 2.45. The highest BCUT2D eigenvalue weighted by Gasteiger charge is 2.55. The zero-order chi connectivity index (χ0) is 24.6. The number of nitrogens with zero attached hydrogens (tertiary/aromatic N) is 1. The van der Waals surface area contributed by atoms with Crippen molar-refractivity contribution in [2.45, 2.75) is 50.0 Å². The lowest BCUT2D eigenvalue weighted by Crippen LogP contribution is -2.45. The van der Waals surface area contributed by atoms with Crippen LogP contribution in [0, 0.1) is 11.8 Å². The third kappa shape index (κ3) is 4.51. The molecule has 0 spiro atoms. The number of likely N-dealkylation sites (N-methyl/N-ethyl adjacent to an activating group) is 1.